The van der Waals surface area contributed by atoms with Crippen LogP contribution >= 0.6 is 0 Å². The first kappa shape index (κ1) is 12.6. The van der Waals surface area contributed by atoms with Crippen molar-refractivity contribution in [1.29, 1.82) is 0 Å². The van der Waals surface area contributed by atoms with Crippen LogP contribution in [0.5, 0.6) is 0 Å². The molecule has 0 radical (unpaired) electrons. The number of ketones is 1. The SMILES string of the molecule is CC1CC(=O)C2(CC#C[Si](C)(C)C)C=CC1O2. The molecule has 3 heteroatoms. The number of hydrogen-bond donors (Lipinski definition) is 0. The Kier molecular flexibility index (Phi) is 3.05. The molecule has 0 spiro atoms. The van der Waals surface area contributed by atoms with Crippen LogP contribution in [0.15, 0.2) is 12.2 Å². The standard InChI is InChI=1S/C14H20O2Si/c1-11-10-13(15)14(8-6-12(11)16-14)7-5-9-17(2,3)4/h6,8,11-12H,7,10H2,1-4H3. The average molecular weight is 248 g/mol. The van der Waals surface area contributed by atoms with Crippen molar-refractivity contribution >= 4 is 13.9 Å². The van der Waals surface area contributed by atoms with E-state index < -0.39 is 13.7 Å². The molecule has 2 heterocycles. The third-order valence-electron chi connectivity index (χ3n) is 3.26. The molecule has 1 saturated heterocycles. The minimum Gasteiger partial charge on any atom is -0.354 e. The van der Waals surface area contributed by atoms with Gasteiger partial charge in [-0.2, -0.15) is 0 Å². The highest BCUT2D eigenvalue weighted by atomic mass is 28.3. The molecule has 1 fully saturated rings. The first-order chi connectivity index (χ1) is 7.82. The van der Waals surface area contributed by atoms with Crippen LogP contribution in [0, 0.1) is 17.4 Å². The van der Waals surface area contributed by atoms with Gasteiger partial charge in [-0.1, -0.05) is 32.6 Å². The summed E-state index contributed by atoms with van der Waals surface area (Å²) >= 11 is 0. The third kappa shape index (κ3) is 2.53. The van der Waals surface area contributed by atoms with E-state index in [1.165, 1.54) is 0 Å². The van der Waals surface area contributed by atoms with Crippen LogP contribution in [0.2, 0.25) is 19.6 Å². The average Bonchev–Trinajstić information content (AvgIpc) is 2.56. The van der Waals surface area contributed by atoms with Gasteiger partial charge >= 0.3 is 0 Å². The van der Waals surface area contributed by atoms with Gasteiger partial charge in [0.25, 0.3) is 0 Å². The molecule has 0 N–H and O–H groups in total. The van der Waals surface area contributed by atoms with E-state index in [1.807, 2.05) is 12.2 Å². The highest BCUT2D eigenvalue weighted by molar-refractivity contribution is 6.83. The zero-order valence-electron chi connectivity index (χ0n) is 11.0. The quantitative estimate of drug-likeness (QED) is 0.405. The number of hydrogen-bond acceptors (Lipinski definition) is 2. The second kappa shape index (κ2) is 4.11. The van der Waals surface area contributed by atoms with Gasteiger partial charge < -0.3 is 4.74 Å². The van der Waals surface area contributed by atoms with Crippen LogP contribution in [-0.2, 0) is 9.53 Å². The summed E-state index contributed by atoms with van der Waals surface area (Å²) in [5.41, 5.74) is 2.58. The highest BCUT2D eigenvalue weighted by Gasteiger charge is 2.48. The summed E-state index contributed by atoms with van der Waals surface area (Å²) in [6, 6.07) is 0. The van der Waals surface area contributed by atoms with E-state index in [2.05, 4.69) is 38.0 Å². The Balaban J connectivity index is 2.13. The molecule has 0 aliphatic carbocycles. The normalized spacial score (nSPS) is 35.6. The lowest BCUT2D eigenvalue weighted by molar-refractivity contribution is -0.152. The molecule has 0 aromatic rings. The molecule has 2 aliphatic rings. The number of carbonyl (C=O) groups excluding carboxylic acids is 1. The summed E-state index contributed by atoms with van der Waals surface area (Å²) in [5, 5.41) is 0. The molecule has 2 nitrogen and oxygen atoms in total. The van der Waals surface area contributed by atoms with Crippen molar-refractivity contribution in [3.8, 4) is 11.5 Å². The van der Waals surface area contributed by atoms with Gasteiger partial charge in [0.2, 0.25) is 0 Å². The Labute approximate surface area is 104 Å². The molecule has 2 rings (SSSR count). The Hall–Kier alpha value is -0.853. The molecule has 0 aromatic carbocycles. The van der Waals surface area contributed by atoms with Gasteiger partial charge in [0.05, 0.1) is 6.10 Å². The molecular formula is C14H20O2Si. The Morgan fingerprint density at radius 2 is 2.24 bits per heavy atom. The van der Waals surface area contributed by atoms with Crippen molar-refractivity contribution in [3.05, 3.63) is 12.2 Å². The zero-order chi connectivity index (χ0) is 12.7. The van der Waals surface area contributed by atoms with Crippen molar-refractivity contribution < 1.29 is 9.53 Å². The topological polar surface area (TPSA) is 26.3 Å². The van der Waals surface area contributed by atoms with Crippen molar-refractivity contribution in [2.45, 2.75) is 51.1 Å². The van der Waals surface area contributed by atoms with Crippen LogP contribution in [0.1, 0.15) is 19.8 Å². The summed E-state index contributed by atoms with van der Waals surface area (Å²) in [7, 11) is -1.36. The predicted molar refractivity (Wildman–Crippen MR) is 71.3 cm³/mol. The zero-order valence-corrected chi connectivity index (χ0v) is 12.0. The largest absolute Gasteiger partial charge is 0.354 e. The summed E-state index contributed by atoms with van der Waals surface area (Å²) in [5.74, 6) is 3.67. The lowest BCUT2D eigenvalue weighted by Gasteiger charge is -2.34. The van der Waals surface area contributed by atoms with E-state index in [0.29, 0.717) is 18.8 Å². The van der Waals surface area contributed by atoms with Gasteiger partial charge in [0.1, 0.15) is 8.07 Å². The molecule has 17 heavy (non-hydrogen) atoms. The number of ether oxygens (including phenoxy) is 1. The van der Waals surface area contributed by atoms with Gasteiger partial charge in [-0.25, -0.2) is 0 Å². The Morgan fingerprint density at radius 3 is 2.88 bits per heavy atom. The van der Waals surface area contributed by atoms with E-state index in [9.17, 15) is 4.79 Å². The lowest BCUT2D eigenvalue weighted by atomic mass is 9.87. The van der Waals surface area contributed by atoms with Crippen LogP contribution in [0.3, 0.4) is 0 Å². The van der Waals surface area contributed by atoms with Gasteiger partial charge in [-0.15, -0.1) is 11.5 Å². The molecule has 2 aliphatic heterocycles. The van der Waals surface area contributed by atoms with E-state index in [1.54, 1.807) is 0 Å². The maximum atomic E-state index is 12.1. The minimum absolute atomic E-state index is 0.112. The Morgan fingerprint density at radius 1 is 1.53 bits per heavy atom. The fraction of sp³-hybridized carbons (Fsp3) is 0.643. The van der Waals surface area contributed by atoms with Crippen molar-refractivity contribution in [3.63, 3.8) is 0 Å². The van der Waals surface area contributed by atoms with E-state index in [0.717, 1.165) is 0 Å². The number of Topliss-reactive ketones (excluding diaryl/α,β-unsaturated/α-hetero) is 1. The van der Waals surface area contributed by atoms with Crippen molar-refractivity contribution in [1.82, 2.24) is 0 Å². The van der Waals surface area contributed by atoms with Gasteiger partial charge in [-0.3, -0.25) is 4.79 Å². The number of carbonyl (C=O) groups is 1. The van der Waals surface area contributed by atoms with Gasteiger partial charge in [0.15, 0.2) is 11.4 Å². The van der Waals surface area contributed by atoms with E-state index in [4.69, 9.17) is 4.74 Å². The van der Waals surface area contributed by atoms with Crippen molar-refractivity contribution in [2.75, 3.05) is 0 Å². The molecular weight excluding hydrogens is 228 g/mol. The summed E-state index contributed by atoms with van der Waals surface area (Å²) in [6.07, 6.45) is 5.22. The molecule has 3 atom stereocenters. The highest BCUT2D eigenvalue weighted by Crippen LogP contribution is 2.38. The predicted octanol–water partition coefficient (Wildman–Crippen LogP) is 2.56. The van der Waals surface area contributed by atoms with Gasteiger partial charge in [0, 0.05) is 12.8 Å². The number of rotatable bonds is 1. The molecule has 92 valence electrons. The maximum absolute atomic E-state index is 12.1. The fourth-order valence-electron chi connectivity index (χ4n) is 2.26. The fourth-order valence-corrected chi connectivity index (χ4v) is 2.88. The summed E-state index contributed by atoms with van der Waals surface area (Å²) in [4.78, 5) is 12.1. The Bertz CT molecular complexity index is 422. The number of fused-ring (bicyclic) bond motifs is 2. The third-order valence-corrected chi connectivity index (χ3v) is 4.18. The minimum atomic E-state index is -1.36. The van der Waals surface area contributed by atoms with E-state index >= 15 is 0 Å². The summed E-state index contributed by atoms with van der Waals surface area (Å²) in [6.45, 7) is 8.68. The first-order valence-corrected chi connectivity index (χ1v) is 9.73. The second-order valence-corrected chi connectivity index (χ2v) is 10.9. The van der Waals surface area contributed by atoms with Gasteiger partial charge in [-0.05, 0) is 12.0 Å². The monoisotopic (exact) mass is 248 g/mol. The first-order valence-electron chi connectivity index (χ1n) is 6.23. The van der Waals surface area contributed by atoms with Crippen molar-refractivity contribution in [2.24, 2.45) is 5.92 Å². The van der Waals surface area contributed by atoms with Crippen LogP contribution in [0.4, 0.5) is 0 Å². The molecule has 0 saturated carbocycles. The lowest BCUT2D eigenvalue weighted by Crippen LogP contribution is -2.45. The van der Waals surface area contributed by atoms with E-state index in [-0.39, 0.29) is 11.9 Å². The second-order valence-electron chi connectivity index (χ2n) is 6.16. The summed E-state index contributed by atoms with van der Waals surface area (Å²) < 4.78 is 5.88. The van der Waals surface area contributed by atoms with Crippen LogP contribution in [-0.4, -0.2) is 25.6 Å². The van der Waals surface area contributed by atoms with Crippen LogP contribution < -0.4 is 0 Å². The van der Waals surface area contributed by atoms with Crippen LogP contribution in [0.25, 0.3) is 0 Å². The molecule has 2 bridgehead atoms. The molecule has 3 unspecified atom stereocenters. The smallest absolute Gasteiger partial charge is 0.169 e. The molecule has 0 amide bonds. The maximum Gasteiger partial charge on any atom is 0.169 e. The molecule has 0 aromatic heterocycles.